The third-order valence-corrected chi connectivity index (χ3v) is 3.70. The molecule has 0 atom stereocenters. The Labute approximate surface area is 132 Å². The summed E-state index contributed by atoms with van der Waals surface area (Å²) in [6, 6.07) is 9.55. The molecule has 21 heavy (non-hydrogen) atoms. The third-order valence-electron chi connectivity index (χ3n) is 3.14. The fraction of sp³-hybridized carbons (Fsp3) is 0.200. The third kappa shape index (κ3) is 2.69. The van der Waals surface area contributed by atoms with E-state index < -0.39 is 0 Å². The first-order valence-electron chi connectivity index (χ1n) is 6.73. The summed E-state index contributed by atoms with van der Waals surface area (Å²) >= 11 is 12.5. The van der Waals surface area contributed by atoms with Crippen LogP contribution >= 0.6 is 23.2 Å². The number of fused-ring (bicyclic) bond motifs is 1. The van der Waals surface area contributed by atoms with E-state index in [1.165, 1.54) is 0 Å². The lowest BCUT2D eigenvalue weighted by molar-refractivity contribution is 0.957. The van der Waals surface area contributed by atoms with E-state index in [4.69, 9.17) is 23.2 Å². The van der Waals surface area contributed by atoms with Crippen molar-refractivity contribution in [2.75, 3.05) is 11.9 Å². The molecular weight excluding hydrogens is 307 g/mol. The largest absolute Gasteiger partial charge is 0.369 e. The van der Waals surface area contributed by atoms with E-state index in [9.17, 15) is 0 Å². The quantitative estimate of drug-likeness (QED) is 0.766. The van der Waals surface area contributed by atoms with E-state index in [0.717, 1.165) is 24.0 Å². The van der Waals surface area contributed by atoms with Crippen LogP contribution in [0.3, 0.4) is 0 Å². The molecule has 2 heterocycles. The van der Waals surface area contributed by atoms with Gasteiger partial charge in [0.25, 0.3) is 0 Å². The molecular formula is C15H14Cl2N4. The molecule has 0 bridgehead atoms. The Morgan fingerprint density at radius 1 is 1.19 bits per heavy atom. The Morgan fingerprint density at radius 3 is 2.81 bits per heavy atom. The molecule has 0 unspecified atom stereocenters. The maximum Gasteiger partial charge on any atom is 0.159 e. The van der Waals surface area contributed by atoms with Crippen LogP contribution < -0.4 is 5.32 Å². The van der Waals surface area contributed by atoms with Gasteiger partial charge in [-0.25, -0.2) is 9.97 Å². The number of anilines is 1. The predicted molar refractivity (Wildman–Crippen MR) is 87.7 cm³/mol. The van der Waals surface area contributed by atoms with Crippen LogP contribution in [0, 0.1) is 0 Å². The number of nitrogens with one attached hydrogen (secondary N) is 1. The minimum Gasteiger partial charge on any atom is -0.369 e. The molecule has 3 aromatic rings. The number of hydrogen-bond acceptors (Lipinski definition) is 3. The fourth-order valence-electron chi connectivity index (χ4n) is 2.12. The standard InChI is InChI=1S/C15H14Cl2N4/c1-2-7-18-14-10(16)8-11(17)15(20-14)21-9-19-12-5-3-4-6-13(12)21/h3-6,8-9H,2,7H2,1H3,(H,18,20). The van der Waals surface area contributed by atoms with Gasteiger partial charge in [-0.05, 0) is 24.6 Å². The molecule has 0 spiro atoms. The van der Waals surface area contributed by atoms with Crippen molar-refractivity contribution in [3.63, 3.8) is 0 Å². The normalized spacial score (nSPS) is 11.0. The number of pyridine rings is 1. The number of imidazole rings is 1. The van der Waals surface area contributed by atoms with Crippen molar-refractivity contribution in [3.8, 4) is 5.82 Å². The van der Waals surface area contributed by atoms with E-state index in [-0.39, 0.29) is 0 Å². The van der Waals surface area contributed by atoms with Crippen molar-refractivity contribution >= 4 is 40.1 Å². The summed E-state index contributed by atoms with van der Waals surface area (Å²) in [6.45, 7) is 2.89. The molecule has 0 saturated heterocycles. The van der Waals surface area contributed by atoms with Crippen LogP contribution in [-0.4, -0.2) is 21.1 Å². The average molecular weight is 321 g/mol. The van der Waals surface area contributed by atoms with E-state index in [2.05, 4.69) is 22.2 Å². The second-order valence-corrected chi connectivity index (χ2v) is 5.47. The SMILES string of the molecule is CCCNc1nc(-n2cnc3ccccc32)c(Cl)cc1Cl. The predicted octanol–water partition coefficient (Wildman–Crippen LogP) is 4.55. The van der Waals surface area contributed by atoms with Gasteiger partial charge in [-0.3, -0.25) is 4.57 Å². The van der Waals surface area contributed by atoms with Crippen molar-refractivity contribution in [2.24, 2.45) is 0 Å². The number of benzene rings is 1. The zero-order valence-electron chi connectivity index (χ0n) is 11.5. The molecule has 0 fully saturated rings. The van der Waals surface area contributed by atoms with Crippen LogP contribution in [0.1, 0.15) is 13.3 Å². The van der Waals surface area contributed by atoms with Crippen molar-refractivity contribution in [2.45, 2.75) is 13.3 Å². The maximum atomic E-state index is 6.30. The minimum absolute atomic E-state index is 0.491. The zero-order valence-corrected chi connectivity index (χ0v) is 13.0. The molecule has 0 aliphatic carbocycles. The van der Waals surface area contributed by atoms with E-state index in [1.807, 2.05) is 28.8 Å². The second-order valence-electron chi connectivity index (χ2n) is 4.65. The van der Waals surface area contributed by atoms with E-state index >= 15 is 0 Å². The molecule has 0 radical (unpaired) electrons. The average Bonchev–Trinajstić information content (AvgIpc) is 2.90. The molecule has 2 aromatic heterocycles. The van der Waals surface area contributed by atoms with Gasteiger partial charge in [-0.2, -0.15) is 0 Å². The Hall–Kier alpha value is -1.78. The highest BCUT2D eigenvalue weighted by molar-refractivity contribution is 6.36. The highest BCUT2D eigenvalue weighted by Gasteiger charge is 2.13. The number of rotatable bonds is 4. The van der Waals surface area contributed by atoms with Gasteiger partial charge in [0.15, 0.2) is 5.82 Å². The number of para-hydroxylation sites is 2. The van der Waals surface area contributed by atoms with Crippen LogP contribution in [0.4, 0.5) is 5.82 Å². The van der Waals surface area contributed by atoms with Crippen molar-refractivity contribution in [1.82, 2.24) is 14.5 Å². The number of halogens is 2. The molecule has 0 aliphatic rings. The highest BCUT2D eigenvalue weighted by atomic mass is 35.5. The summed E-state index contributed by atoms with van der Waals surface area (Å²) in [6.07, 6.45) is 2.71. The molecule has 0 aliphatic heterocycles. The van der Waals surface area contributed by atoms with Crippen LogP contribution in [0.5, 0.6) is 0 Å². The highest BCUT2D eigenvalue weighted by Crippen LogP contribution is 2.30. The summed E-state index contributed by atoms with van der Waals surface area (Å²) < 4.78 is 1.87. The van der Waals surface area contributed by atoms with Crippen LogP contribution in [0.15, 0.2) is 36.7 Å². The molecule has 1 aromatic carbocycles. The summed E-state index contributed by atoms with van der Waals surface area (Å²) in [5.41, 5.74) is 1.85. The number of nitrogens with zero attached hydrogens (tertiary/aromatic N) is 3. The second kappa shape index (κ2) is 5.92. The van der Waals surface area contributed by atoms with Crippen LogP contribution in [-0.2, 0) is 0 Å². The summed E-state index contributed by atoms with van der Waals surface area (Å²) in [5, 5.41) is 4.21. The first-order valence-corrected chi connectivity index (χ1v) is 7.48. The lowest BCUT2D eigenvalue weighted by Crippen LogP contribution is -2.06. The summed E-state index contributed by atoms with van der Waals surface area (Å²) in [4.78, 5) is 8.91. The van der Waals surface area contributed by atoms with Crippen molar-refractivity contribution in [1.29, 1.82) is 0 Å². The first-order chi connectivity index (χ1) is 10.2. The smallest absolute Gasteiger partial charge is 0.159 e. The lowest BCUT2D eigenvalue weighted by Gasteiger charge is -2.11. The molecule has 1 N–H and O–H groups in total. The fourth-order valence-corrected chi connectivity index (χ4v) is 2.64. The zero-order chi connectivity index (χ0) is 14.8. The van der Waals surface area contributed by atoms with Gasteiger partial charge in [-0.1, -0.05) is 42.3 Å². The molecule has 3 rings (SSSR count). The summed E-state index contributed by atoms with van der Waals surface area (Å²) in [5.74, 6) is 1.25. The Bertz CT molecular complexity index is 782. The van der Waals surface area contributed by atoms with E-state index in [0.29, 0.717) is 21.7 Å². The van der Waals surface area contributed by atoms with Gasteiger partial charge in [0.2, 0.25) is 0 Å². The van der Waals surface area contributed by atoms with Gasteiger partial charge in [0.1, 0.15) is 12.1 Å². The number of hydrogen-bond donors (Lipinski definition) is 1. The van der Waals surface area contributed by atoms with Crippen molar-refractivity contribution in [3.05, 3.63) is 46.7 Å². The molecule has 0 saturated carbocycles. The van der Waals surface area contributed by atoms with Crippen LogP contribution in [0.2, 0.25) is 10.0 Å². The van der Waals surface area contributed by atoms with Gasteiger partial charge in [0, 0.05) is 6.54 Å². The summed E-state index contributed by atoms with van der Waals surface area (Å²) in [7, 11) is 0. The molecule has 4 nitrogen and oxygen atoms in total. The first kappa shape index (κ1) is 14.2. The van der Waals surface area contributed by atoms with Gasteiger partial charge in [0.05, 0.1) is 21.1 Å². The lowest BCUT2D eigenvalue weighted by atomic mass is 10.3. The maximum absolute atomic E-state index is 6.30. The Kier molecular flexibility index (Phi) is 3.99. The molecule has 108 valence electrons. The molecule has 0 amide bonds. The van der Waals surface area contributed by atoms with Gasteiger partial charge in [-0.15, -0.1) is 0 Å². The van der Waals surface area contributed by atoms with Gasteiger partial charge >= 0.3 is 0 Å². The van der Waals surface area contributed by atoms with Gasteiger partial charge < -0.3 is 5.32 Å². The Morgan fingerprint density at radius 2 is 2.00 bits per heavy atom. The van der Waals surface area contributed by atoms with E-state index in [1.54, 1.807) is 12.4 Å². The molecule has 6 heteroatoms. The topological polar surface area (TPSA) is 42.7 Å². The Balaban J connectivity index is 2.13. The van der Waals surface area contributed by atoms with Crippen LogP contribution in [0.25, 0.3) is 16.9 Å². The van der Waals surface area contributed by atoms with Crippen molar-refractivity contribution < 1.29 is 0 Å². The minimum atomic E-state index is 0.491. The number of aromatic nitrogens is 3. The monoisotopic (exact) mass is 320 g/mol.